The zero-order chi connectivity index (χ0) is 17.3. The molecule has 0 amide bonds. The van der Waals surface area contributed by atoms with Crippen molar-refractivity contribution in [3.63, 3.8) is 0 Å². The smallest absolute Gasteiger partial charge is 0.245 e. The molecule has 0 saturated heterocycles. The summed E-state index contributed by atoms with van der Waals surface area (Å²) in [4.78, 5) is 9.19. The first-order valence-electron chi connectivity index (χ1n) is 7.85. The van der Waals surface area contributed by atoms with Gasteiger partial charge in [-0.3, -0.25) is 0 Å². The Bertz CT molecular complexity index is 984. The fraction of sp³-hybridized carbons (Fsp3) is 0.294. The number of para-hydroxylation sites is 2. The van der Waals surface area contributed by atoms with E-state index in [1.54, 1.807) is 17.1 Å². The SMILES string of the molecule is CCN(CC)N(c1ccc2nc3ccccc3nc2c1)S(C)(=O)=O. The van der Waals surface area contributed by atoms with Gasteiger partial charge in [-0.25, -0.2) is 27.8 Å². The van der Waals surface area contributed by atoms with Gasteiger partial charge in [0.15, 0.2) is 0 Å². The van der Waals surface area contributed by atoms with Crippen molar-refractivity contribution in [1.82, 2.24) is 15.0 Å². The predicted molar refractivity (Wildman–Crippen MR) is 97.3 cm³/mol. The van der Waals surface area contributed by atoms with Crippen LogP contribution in [-0.2, 0) is 10.0 Å². The van der Waals surface area contributed by atoms with Crippen LogP contribution in [0.4, 0.5) is 5.69 Å². The Hall–Kier alpha value is -2.25. The Labute approximate surface area is 141 Å². The Morgan fingerprint density at radius 1 is 0.875 bits per heavy atom. The summed E-state index contributed by atoms with van der Waals surface area (Å²) in [6.07, 6.45) is 1.21. The van der Waals surface area contributed by atoms with E-state index in [2.05, 4.69) is 9.97 Å². The quantitative estimate of drug-likeness (QED) is 0.526. The Kier molecular flexibility index (Phi) is 4.38. The molecule has 7 heteroatoms. The third-order valence-electron chi connectivity index (χ3n) is 3.84. The summed E-state index contributed by atoms with van der Waals surface area (Å²) < 4.78 is 25.9. The monoisotopic (exact) mass is 344 g/mol. The van der Waals surface area contributed by atoms with Gasteiger partial charge < -0.3 is 0 Å². The summed E-state index contributed by atoms with van der Waals surface area (Å²) in [5.41, 5.74) is 3.59. The molecule has 0 aliphatic heterocycles. The van der Waals surface area contributed by atoms with Crippen LogP contribution in [0.3, 0.4) is 0 Å². The first-order valence-corrected chi connectivity index (χ1v) is 9.70. The lowest BCUT2D eigenvalue weighted by atomic mass is 10.2. The van der Waals surface area contributed by atoms with E-state index in [0.717, 1.165) is 16.6 Å². The molecule has 0 saturated carbocycles. The number of rotatable bonds is 5. The maximum absolute atomic E-state index is 12.3. The van der Waals surface area contributed by atoms with Gasteiger partial charge in [-0.15, -0.1) is 0 Å². The minimum Gasteiger partial charge on any atom is -0.245 e. The molecule has 1 aromatic heterocycles. The summed E-state index contributed by atoms with van der Waals surface area (Å²) in [7, 11) is -3.44. The van der Waals surface area contributed by atoms with Crippen LogP contribution in [0.15, 0.2) is 42.5 Å². The molecule has 0 spiro atoms. The summed E-state index contributed by atoms with van der Waals surface area (Å²) >= 11 is 0. The van der Waals surface area contributed by atoms with Crippen molar-refractivity contribution < 1.29 is 8.42 Å². The summed E-state index contributed by atoms with van der Waals surface area (Å²) in [5, 5.41) is 1.77. The molecule has 3 aromatic rings. The van der Waals surface area contributed by atoms with Crippen LogP contribution >= 0.6 is 0 Å². The second-order valence-electron chi connectivity index (χ2n) is 5.53. The Morgan fingerprint density at radius 2 is 1.42 bits per heavy atom. The Balaban J connectivity index is 2.19. The molecule has 24 heavy (non-hydrogen) atoms. The van der Waals surface area contributed by atoms with Crippen LogP contribution in [0.1, 0.15) is 13.8 Å². The van der Waals surface area contributed by atoms with Gasteiger partial charge in [-0.1, -0.05) is 26.0 Å². The summed E-state index contributed by atoms with van der Waals surface area (Å²) in [6.45, 7) is 5.03. The van der Waals surface area contributed by atoms with Crippen LogP contribution in [-0.4, -0.2) is 42.7 Å². The number of hydrogen-bond donors (Lipinski definition) is 0. The van der Waals surface area contributed by atoms with E-state index < -0.39 is 10.0 Å². The van der Waals surface area contributed by atoms with Gasteiger partial charge in [0.1, 0.15) is 0 Å². The largest absolute Gasteiger partial charge is 0.245 e. The van der Waals surface area contributed by atoms with Crippen LogP contribution in [0.5, 0.6) is 0 Å². The minimum atomic E-state index is -3.44. The number of nitrogens with zero attached hydrogens (tertiary/aromatic N) is 4. The van der Waals surface area contributed by atoms with Crippen molar-refractivity contribution in [1.29, 1.82) is 0 Å². The van der Waals surface area contributed by atoms with Crippen LogP contribution in [0, 0.1) is 0 Å². The molecule has 3 rings (SSSR count). The molecule has 0 fully saturated rings. The maximum atomic E-state index is 12.3. The molecule has 0 N–H and O–H groups in total. The van der Waals surface area contributed by atoms with Gasteiger partial charge in [-0.2, -0.15) is 0 Å². The van der Waals surface area contributed by atoms with Crippen LogP contribution in [0.2, 0.25) is 0 Å². The molecule has 0 unspecified atom stereocenters. The second kappa shape index (κ2) is 6.33. The Morgan fingerprint density at radius 3 is 1.96 bits per heavy atom. The van der Waals surface area contributed by atoms with Gasteiger partial charge >= 0.3 is 0 Å². The minimum absolute atomic E-state index is 0.568. The third-order valence-corrected chi connectivity index (χ3v) is 4.91. The zero-order valence-electron chi connectivity index (χ0n) is 14.0. The highest BCUT2D eigenvalue weighted by molar-refractivity contribution is 7.92. The van der Waals surface area contributed by atoms with Gasteiger partial charge in [0.2, 0.25) is 10.0 Å². The van der Waals surface area contributed by atoms with Crippen molar-refractivity contribution in [2.75, 3.05) is 23.8 Å². The molecular weight excluding hydrogens is 324 g/mol. The summed E-state index contributed by atoms with van der Waals surface area (Å²) in [6, 6.07) is 13.0. The maximum Gasteiger partial charge on any atom is 0.245 e. The average molecular weight is 344 g/mol. The molecule has 0 aliphatic rings. The number of hydrazine groups is 1. The number of aromatic nitrogens is 2. The fourth-order valence-corrected chi connectivity index (χ4v) is 3.92. The average Bonchev–Trinajstić information content (AvgIpc) is 2.56. The lowest BCUT2D eigenvalue weighted by Crippen LogP contribution is -2.46. The highest BCUT2D eigenvalue weighted by Gasteiger charge is 2.23. The number of fused-ring (bicyclic) bond motifs is 2. The third kappa shape index (κ3) is 3.05. The number of benzene rings is 2. The predicted octanol–water partition coefficient (Wildman–Crippen LogP) is 2.81. The van der Waals surface area contributed by atoms with Crippen LogP contribution in [0.25, 0.3) is 22.1 Å². The topological polar surface area (TPSA) is 66.4 Å². The highest BCUT2D eigenvalue weighted by atomic mass is 32.2. The van der Waals surface area contributed by atoms with E-state index in [1.165, 1.54) is 10.7 Å². The van der Waals surface area contributed by atoms with Gasteiger partial charge in [0.25, 0.3) is 0 Å². The molecule has 0 aliphatic carbocycles. The van der Waals surface area contributed by atoms with Crippen molar-refractivity contribution in [3.8, 4) is 0 Å². The van der Waals surface area contributed by atoms with Crippen LogP contribution < -0.4 is 4.41 Å². The number of hydrogen-bond acceptors (Lipinski definition) is 5. The molecule has 6 nitrogen and oxygen atoms in total. The normalized spacial score (nSPS) is 12.2. The molecule has 0 bridgehead atoms. The van der Waals surface area contributed by atoms with Crippen molar-refractivity contribution in [3.05, 3.63) is 42.5 Å². The van der Waals surface area contributed by atoms with Gasteiger partial charge in [0, 0.05) is 13.1 Å². The van der Waals surface area contributed by atoms with E-state index >= 15 is 0 Å². The summed E-state index contributed by atoms with van der Waals surface area (Å²) in [5.74, 6) is 0. The van der Waals surface area contributed by atoms with Crippen molar-refractivity contribution in [2.24, 2.45) is 0 Å². The van der Waals surface area contributed by atoms with E-state index in [1.807, 2.05) is 44.2 Å². The molecule has 126 valence electrons. The first-order chi connectivity index (χ1) is 11.4. The molecule has 1 heterocycles. The van der Waals surface area contributed by atoms with E-state index in [0.29, 0.717) is 24.3 Å². The van der Waals surface area contributed by atoms with Gasteiger partial charge in [0.05, 0.1) is 34.0 Å². The zero-order valence-corrected chi connectivity index (χ0v) is 14.8. The first kappa shape index (κ1) is 16.6. The highest BCUT2D eigenvalue weighted by Crippen LogP contribution is 2.25. The van der Waals surface area contributed by atoms with E-state index in [4.69, 9.17) is 0 Å². The molecular formula is C17H20N4O2S. The second-order valence-corrected chi connectivity index (χ2v) is 7.34. The lowest BCUT2D eigenvalue weighted by Gasteiger charge is -2.33. The number of sulfonamides is 1. The van der Waals surface area contributed by atoms with Gasteiger partial charge in [-0.05, 0) is 30.3 Å². The molecule has 2 aromatic carbocycles. The molecule has 0 atom stereocenters. The lowest BCUT2D eigenvalue weighted by molar-refractivity contribution is 0.320. The van der Waals surface area contributed by atoms with E-state index in [-0.39, 0.29) is 0 Å². The van der Waals surface area contributed by atoms with Crippen molar-refractivity contribution >= 4 is 37.8 Å². The van der Waals surface area contributed by atoms with Crippen molar-refractivity contribution in [2.45, 2.75) is 13.8 Å². The standard InChI is InChI=1S/C17H20N4O2S/c1-4-20(5-2)21(24(3,22)23)13-10-11-16-17(12-13)19-15-9-7-6-8-14(15)18-16/h6-12H,4-5H2,1-3H3. The molecule has 0 radical (unpaired) electrons. The number of anilines is 1. The van der Waals surface area contributed by atoms with E-state index in [9.17, 15) is 8.42 Å². The fourth-order valence-electron chi connectivity index (χ4n) is 2.77.